The molecule has 1 N–H and O–H groups in total. The number of amides is 1. The molecule has 186 valence electrons. The van der Waals surface area contributed by atoms with Crippen LogP contribution >= 0.6 is 0 Å². The molecule has 36 heavy (non-hydrogen) atoms. The third-order valence-corrected chi connectivity index (χ3v) is 6.55. The second kappa shape index (κ2) is 11.3. The van der Waals surface area contributed by atoms with Crippen LogP contribution in [0, 0.1) is 5.41 Å². The maximum atomic E-state index is 13.4. The summed E-state index contributed by atoms with van der Waals surface area (Å²) in [6.07, 6.45) is 3.33. The van der Waals surface area contributed by atoms with Gasteiger partial charge in [0.05, 0.1) is 18.2 Å². The summed E-state index contributed by atoms with van der Waals surface area (Å²) in [5.41, 5.74) is 4.71. The zero-order valence-electron chi connectivity index (χ0n) is 21.4. The summed E-state index contributed by atoms with van der Waals surface area (Å²) in [4.78, 5) is 23.9. The number of rotatable bonds is 9. The maximum absolute atomic E-state index is 13.4. The summed E-state index contributed by atoms with van der Waals surface area (Å²) < 4.78 is 6.02. The van der Waals surface area contributed by atoms with Crippen LogP contribution in [-0.4, -0.2) is 46.3 Å². The van der Waals surface area contributed by atoms with Crippen LogP contribution in [0.25, 0.3) is 0 Å². The monoisotopic (exact) mass is 482 g/mol. The molecular weight excluding hydrogens is 448 g/mol. The lowest BCUT2D eigenvalue weighted by Crippen LogP contribution is -2.48. The van der Waals surface area contributed by atoms with Gasteiger partial charge in [-0.15, -0.1) is 0 Å². The van der Waals surface area contributed by atoms with Crippen LogP contribution in [0.5, 0.6) is 5.75 Å². The van der Waals surface area contributed by atoms with Gasteiger partial charge in [-0.3, -0.25) is 14.8 Å². The van der Waals surface area contributed by atoms with Gasteiger partial charge in [0, 0.05) is 25.0 Å². The van der Waals surface area contributed by atoms with Gasteiger partial charge in [-0.25, -0.2) is 0 Å². The second-order valence-corrected chi connectivity index (χ2v) is 9.70. The van der Waals surface area contributed by atoms with Gasteiger partial charge in [0.25, 0.3) is 5.91 Å². The molecule has 2 heterocycles. The quantitative estimate of drug-likeness (QED) is 0.402. The molecule has 1 amide bonds. The minimum Gasteiger partial charge on any atom is -0.489 e. The van der Waals surface area contributed by atoms with Crippen molar-refractivity contribution < 1.29 is 9.53 Å². The van der Waals surface area contributed by atoms with Crippen molar-refractivity contribution in [2.24, 2.45) is 4.99 Å². The third kappa shape index (κ3) is 5.70. The van der Waals surface area contributed by atoms with Crippen molar-refractivity contribution in [3.63, 3.8) is 0 Å². The van der Waals surface area contributed by atoms with Gasteiger partial charge in [-0.2, -0.15) is 0 Å². The van der Waals surface area contributed by atoms with Crippen LogP contribution in [0.15, 0.2) is 78.0 Å². The molecule has 3 aromatic rings. The molecule has 1 atom stereocenters. The Morgan fingerprint density at radius 3 is 2.19 bits per heavy atom. The number of ether oxygens (including phenoxy) is 1. The number of nitrogens with one attached hydrogen (secondary N) is 1. The van der Waals surface area contributed by atoms with Crippen molar-refractivity contribution >= 4 is 17.3 Å². The molecule has 1 aromatic heterocycles. The molecule has 1 aliphatic heterocycles. The lowest BCUT2D eigenvalue weighted by atomic mass is 9.85. The molecule has 0 aliphatic carbocycles. The molecule has 0 saturated heterocycles. The fraction of sp³-hybridized carbons (Fsp3) is 0.333. The highest BCUT2D eigenvalue weighted by molar-refractivity contribution is 6.46. The van der Waals surface area contributed by atoms with E-state index in [0.717, 1.165) is 22.4 Å². The first-order valence-electron chi connectivity index (χ1n) is 12.5. The van der Waals surface area contributed by atoms with Crippen molar-refractivity contribution in [3.8, 4) is 5.75 Å². The number of pyridine rings is 1. The Morgan fingerprint density at radius 2 is 1.58 bits per heavy atom. The Labute approximate surface area is 213 Å². The van der Waals surface area contributed by atoms with Gasteiger partial charge in [0.2, 0.25) is 0 Å². The first-order valence-corrected chi connectivity index (χ1v) is 12.5. The molecule has 6 nitrogen and oxygen atoms in total. The Hall–Kier alpha value is -3.80. The Morgan fingerprint density at radius 1 is 0.944 bits per heavy atom. The smallest absolute Gasteiger partial charge is 0.269 e. The van der Waals surface area contributed by atoms with E-state index in [2.05, 4.69) is 48.1 Å². The Bertz CT molecular complexity index is 1220. The van der Waals surface area contributed by atoms with E-state index in [9.17, 15) is 4.79 Å². The summed E-state index contributed by atoms with van der Waals surface area (Å²) >= 11 is 0. The predicted molar refractivity (Wildman–Crippen MR) is 144 cm³/mol. The van der Waals surface area contributed by atoms with Crippen LogP contribution in [0.4, 0.5) is 0 Å². The number of benzene rings is 2. The summed E-state index contributed by atoms with van der Waals surface area (Å²) in [7, 11) is 0. The van der Waals surface area contributed by atoms with Gasteiger partial charge in [-0.05, 0) is 66.3 Å². The molecule has 0 spiro atoms. The number of nitrogens with zero attached hydrogens (tertiary/aromatic N) is 3. The van der Waals surface area contributed by atoms with Crippen LogP contribution in [0.2, 0.25) is 0 Å². The second-order valence-electron chi connectivity index (χ2n) is 9.70. The molecule has 0 radical (unpaired) electrons. The van der Waals surface area contributed by atoms with E-state index in [0.29, 0.717) is 37.0 Å². The average Bonchev–Trinajstić information content (AvgIpc) is 2.89. The normalized spacial score (nSPS) is 14.7. The van der Waals surface area contributed by atoms with Gasteiger partial charge >= 0.3 is 0 Å². The van der Waals surface area contributed by atoms with Gasteiger partial charge in [0.15, 0.2) is 0 Å². The van der Waals surface area contributed by atoms with Gasteiger partial charge in [0.1, 0.15) is 18.1 Å². The van der Waals surface area contributed by atoms with E-state index in [1.54, 1.807) is 24.5 Å². The van der Waals surface area contributed by atoms with E-state index in [1.165, 1.54) is 5.56 Å². The number of hydrogen-bond donors (Lipinski definition) is 1. The van der Waals surface area contributed by atoms with Crippen LogP contribution in [0.3, 0.4) is 0 Å². The third-order valence-electron chi connectivity index (χ3n) is 6.55. The average molecular weight is 483 g/mol. The standard InChI is InChI=1S/C30H34N4O2/c1-20(2)23-7-5-22(6-8-23)19-36-26-11-9-24(10-12-26)27(28(31)25-13-15-32-16-14-25)29-30(35)34(21(3)4)18-17-33-29/h5-16,20-21,27,31H,17-19H2,1-4H3. The minimum absolute atomic E-state index is 0.0733. The SMILES string of the molecule is CC(C)c1ccc(COc2ccc(C(C(=N)c3ccncc3)C3=NCCN(C(C)C)C3=O)cc2)cc1. The largest absolute Gasteiger partial charge is 0.489 e. The van der Waals surface area contributed by atoms with Crippen LogP contribution in [0.1, 0.15) is 61.8 Å². The summed E-state index contributed by atoms with van der Waals surface area (Å²) in [5, 5.41) is 9.01. The van der Waals surface area contributed by atoms with E-state index in [-0.39, 0.29) is 11.9 Å². The predicted octanol–water partition coefficient (Wildman–Crippen LogP) is 5.63. The van der Waals surface area contributed by atoms with Crippen molar-refractivity contribution in [1.82, 2.24) is 9.88 Å². The zero-order valence-corrected chi connectivity index (χ0v) is 21.4. The fourth-order valence-electron chi connectivity index (χ4n) is 4.38. The molecule has 0 fully saturated rings. The van der Waals surface area contributed by atoms with E-state index in [1.807, 2.05) is 43.0 Å². The highest BCUT2D eigenvalue weighted by Gasteiger charge is 2.34. The Kier molecular flexibility index (Phi) is 7.93. The first-order chi connectivity index (χ1) is 17.3. The molecule has 1 aliphatic rings. The molecule has 4 rings (SSSR count). The van der Waals surface area contributed by atoms with E-state index >= 15 is 0 Å². The number of hydrogen-bond acceptors (Lipinski definition) is 5. The lowest BCUT2D eigenvalue weighted by Gasteiger charge is -2.33. The van der Waals surface area contributed by atoms with Crippen molar-refractivity contribution in [2.75, 3.05) is 13.1 Å². The van der Waals surface area contributed by atoms with Gasteiger partial charge < -0.3 is 15.0 Å². The van der Waals surface area contributed by atoms with Crippen LogP contribution in [-0.2, 0) is 11.4 Å². The number of carbonyl (C=O) groups excluding carboxylic acids is 1. The van der Waals surface area contributed by atoms with Crippen molar-refractivity contribution in [1.29, 1.82) is 5.41 Å². The Balaban J connectivity index is 1.57. The topological polar surface area (TPSA) is 78.6 Å². The van der Waals surface area contributed by atoms with Crippen molar-refractivity contribution in [2.45, 2.75) is 52.2 Å². The molecule has 6 heteroatoms. The summed E-state index contributed by atoms with van der Waals surface area (Å²) in [6, 6.07) is 19.8. The molecule has 0 bridgehead atoms. The van der Waals surface area contributed by atoms with E-state index < -0.39 is 5.92 Å². The number of aliphatic imine (C=N–C) groups is 1. The molecular formula is C30H34N4O2. The van der Waals surface area contributed by atoms with Crippen LogP contribution < -0.4 is 4.74 Å². The highest BCUT2D eigenvalue weighted by Crippen LogP contribution is 2.28. The maximum Gasteiger partial charge on any atom is 0.269 e. The summed E-state index contributed by atoms with van der Waals surface area (Å²) in [6.45, 7) is 9.99. The fourth-order valence-corrected chi connectivity index (χ4v) is 4.38. The molecule has 1 unspecified atom stereocenters. The van der Waals surface area contributed by atoms with Gasteiger partial charge in [-0.1, -0.05) is 50.2 Å². The lowest BCUT2D eigenvalue weighted by molar-refractivity contribution is -0.126. The minimum atomic E-state index is -0.570. The molecule has 0 saturated carbocycles. The first kappa shape index (κ1) is 25.3. The van der Waals surface area contributed by atoms with E-state index in [4.69, 9.17) is 10.1 Å². The van der Waals surface area contributed by atoms with Crippen molar-refractivity contribution in [3.05, 3.63) is 95.3 Å². The summed E-state index contributed by atoms with van der Waals surface area (Å²) in [5.74, 6) is 0.561. The zero-order chi connectivity index (χ0) is 25.7. The number of aromatic nitrogens is 1. The molecule has 2 aromatic carbocycles. The highest BCUT2D eigenvalue weighted by atomic mass is 16.5. The number of carbonyl (C=O) groups is 1.